The summed E-state index contributed by atoms with van der Waals surface area (Å²) in [7, 11) is 0. The van der Waals surface area contributed by atoms with Crippen molar-refractivity contribution in [3.8, 4) is 11.5 Å². The molecule has 1 aromatic rings. The molecule has 0 aliphatic carbocycles. The molecule has 114 valence electrons. The fraction of sp³-hybridized carbons (Fsp3) is 0.467. The monoisotopic (exact) mass is 293 g/mol. The van der Waals surface area contributed by atoms with E-state index in [4.69, 9.17) is 14.6 Å². The third-order valence-corrected chi connectivity index (χ3v) is 3.27. The van der Waals surface area contributed by atoms with Crippen molar-refractivity contribution in [2.45, 2.75) is 19.8 Å². The molecule has 1 aliphatic heterocycles. The molecule has 0 aromatic heterocycles. The zero-order chi connectivity index (χ0) is 15.2. The molecule has 6 heteroatoms. The highest BCUT2D eigenvalue weighted by Crippen LogP contribution is 2.33. The van der Waals surface area contributed by atoms with Crippen LogP contribution in [0.15, 0.2) is 18.2 Å². The molecule has 1 aromatic carbocycles. The number of aliphatic carboxylic acids is 1. The number of carboxylic acids is 1. The lowest BCUT2D eigenvalue weighted by atomic mass is 10.1. The highest BCUT2D eigenvalue weighted by Gasteiger charge is 2.20. The van der Waals surface area contributed by atoms with E-state index in [1.54, 1.807) is 18.2 Å². The summed E-state index contributed by atoms with van der Waals surface area (Å²) in [4.78, 5) is 22.7. The van der Waals surface area contributed by atoms with Gasteiger partial charge in [0, 0.05) is 13.0 Å². The molecule has 2 N–H and O–H groups in total. The van der Waals surface area contributed by atoms with E-state index in [0.29, 0.717) is 43.2 Å². The van der Waals surface area contributed by atoms with Gasteiger partial charge in [-0.2, -0.15) is 0 Å². The van der Waals surface area contributed by atoms with Crippen molar-refractivity contribution >= 4 is 11.9 Å². The second kappa shape index (κ2) is 6.97. The van der Waals surface area contributed by atoms with Crippen LogP contribution in [-0.4, -0.2) is 36.7 Å². The Balaban J connectivity index is 1.93. The van der Waals surface area contributed by atoms with E-state index in [0.717, 1.165) is 0 Å². The number of benzene rings is 1. The standard InChI is InChI=1S/C15H19NO5/c1-10(5-6-13(17)18)9-16-15(19)11-3-2-4-12-14(11)21-8-7-20-12/h2-4,10H,5-9H2,1H3,(H,16,19)(H,17,18). The van der Waals surface area contributed by atoms with Crippen LogP contribution in [-0.2, 0) is 4.79 Å². The zero-order valence-electron chi connectivity index (χ0n) is 11.9. The molecular weight excluding hydrogens is 274 g/mol. The predicted molar refractivity (Wildman–Crippen MR) is 75.8 cm³/mol. The Bertz CT molecular complexity index is 529. The average molecular weight is 293 g/mol. The van der Waals surface area contributed by atoms with Gasteiger partial charge in [0.15, 0.2) is 11.5 Å². The van der Waals surface area contributed by atoms with Gasteiger partial charge in [-0.05, 0) is 24.5 Å². The fourth-order valence-electron chi connectivity index (χ4n) is 2.09. The minimum atomic E-state index is -0.823. The predicted octanol–water partition coefficient (Wildman–Crippen LogP) is 1.69. The van der Waals surface area contributed by atoms with Gasteiger partial charge in [-0.3, -0.25) is 9.59 Å². The molecule has 0 radical (unpaired) electrons. The number of nitrogens with one attached hydrogen (secondary N) is 1. The molecule has 1 amide bonds. The topological polar surface area (TPSA) is 84.9 Å². The summed E-state index contributed by atoms with van der Waals surface area (Å²) in [6.07, 6.45) is 0.636. The van der Waals surface area contributed by atoms with Gasteiger partial charge in [0.2, 0.25) is 0 Å². The molecule has 6 nitrogen and oxygen atoms in total. The van der Waals surface area contributed by atoms with E-state index < -0.39 is 5.97 Å². The minimum absolute atomic E-state index is 0.0988. The molecule has 2 rings (SSSR count). The molecule has 1 atom stereocenters. The molecule has 21 heavy (non-hydrogen) atoms. The molecule has 1 heterocycles. The third kappa shape index (κ3) is 4.11. The van der Waals surface area contributed by atoms with Crippen LogP contribution in [0.4, 0.5) is 0 Å². The molecule has 0 fully saturated rings. The van der Waals surface area contributed by atoms with E-state index in [1.165, 1.54) is 0 Å². The highest BCUT2D eigenvalue weighted by molar-refractivity contribution is 5.97. The maximum atomic E-state index is 12.2. The smallest absolute Gasteiger partial charge is 0.303 e. The van der Waals surface area contributed by atoms with Gasteiger partial charge in [-0.15, -0.1) is 0 Å². The minimum Gasteiger partial charge on any atom is -0.486 e. The van der Waals surface area contributed by atoms with Crippen LogP contribution in [0.25, 0.3) is 0 Å². The van der Waals surface area contributed by atoms with E-state index in [1.807, 2.05) is 6.92 Å². The third-order valence-electron chi connectivity index (χ3n) is 3.27. The van der Waals surface area contributed by atoms with Crippen molar-refractivity contribution in [3.05, 3.63) is 23.8 Å². The summed E-state index contributed by atoms with van der Waals surface area (Å²) in [6, 6.07) is 5.20. The summed E-state index contributed by atoms with van der Waals surface area (Å²) >= 11 is 0. The normalized spacial score (nSPS) is 14.3. The first-order valence-electron chi connectivity index (χ1n) is 6.96. The van der Waals surface area contributed by atoms with Crippen LogP contribution in [0.5, 0.6) is 11.5 Å². The van der Waals surface area contributed by atoms with Crippen molar-refractivity contribution in [1.29, 1.82) is 0 Å². The largest absolute Gasteiger partial charge is 0.486 e. The molecule has 0 bridgehead atoms. The average Bonchev–Trinajstić information content (AvgIpc) is 2.50. The number of carboxylic acid groups (broad SMARTS) is 1. The summed E-state index contributed by atoms with van der Waals surface area (Å²) < 4.78 is 10.9. The number of hydrogen-bond acceptors (Lipinski definition) is 4. The second-order valence-electron chi connectivity index (χ2n) is 5.08. The fourth-order valence-corrected chi connectivity index (χ4v) is 2.09. The Kier molecular flexibility index (Phi) is 5.03. The number of ether oxygens (including phenoxy) is 2. The van der Waals surface area contributed by atoms with E-state index in [-0.39, 0.29) is 18.2 Å². The van der Waals surface area contributed by atoms with Crippen LogP contribution >= 0.6 is 0 Å². The van der Waals surface area contributed by atoms with Crippen molar-refractivity contribution in [2.24, 2.45) is 5.92 Å². The molecule has 0 saturated heterocycles. The summed E-state index contributed by atoms with van der Waals surface area (Å²) in [6.45, 7) is 3.23. The number of carbonyl (C=O) groups is 2. The number of amides is 1. The number of hydrogen-bond donors (Lipinski definition) is 2. The molecule has 1 aliphatic rings. The first-order valence-corrected chi connectivity index (χ1v) is 6.96. The molecule has 1 unspecified atom stereocenters. The van der Waals surface area contributed by atoms with Crippen LogP contribution in [0.1, 0.15) is 30.1 Å². The van der Waals surface area contributed by atoms with Crippen LogP contribution in [0, 0.1) is 5.92 Å². The van der Waals surface area contributed by atoms with Gasteiger partial charge in [-0.1, -0.05) is 13.0 Å². The molecular formula is C15H19NO5. The van der Waals surface area contributed by atoms with Gasteiger partial charge in [-0.25, -0.2) is 0 Å². The highest BCUT2D eigenvalue weighted by atomic mass is 16.6. The van der Waals surface area contributed by atoms with Gasteiger partial charge in [0.05, 0.1) is 5.56 Å². The first kappa shape index (κ1) is 15.2. The van der Waals surface area contributed by atoms with Crippen LogP contribution in [0.2, 0.25) is 0 Å². The van der Waals surface area contributed by atoms with E-state index in [9.17, 15) is 9.59 Å². The number of fused-ring (bicyclic) bond motifs is 1. The van der Waals surface area contributed by atoms with Crippen LogP contribution < -0.4 is 14.8 Å². The Labute approximate surface area is 123 Å². The van der Waals surface area contributed by atoms with Gasteiger partial charge < -0.3 is 19.9 Å². The number of para-hydroxylation sites is 1. The quantitative estimate of drug-likeness (QED) is 0.833. The number of rotatable bonds is 6. The van der Waals surface area contributed by atoms with Crippen LogP contribution in [0.3, 0.4) is 0 Å². The van der Waals surface area contributed by atoms with Crippen molar-refractivity contribution in [3.63, 3.8) is 0 Å². The second-order valence-corrected chi connectivity index (χ2v) is 5.08. The molecule has 0 spiro atoms. The molecule has 0 saturated carbocycles. The van der Waals surface area contributed by atoms with Crippen molar-refractivity contribution in [1.82, 2.24) is 5.32 Å². The lowest BCUT2D eigenvalue weighted by molar-refractivity contribution is -0.137. The van der Waals surface area contributed by atoms with E-state index >= 15 is 0 Å². The Morgan fingerprint density at radius 3 is 2.86 bits per heavy atom. The van der Waals surface area contributed by atoms with Crippen molar-refractivity contribution in [2.75, 3.05) is 19.8 Å². The number of carbonyl (C=O) groups excluding carboxylic acids is 1. The maximum Gasteiger partial charge on any atom is 0.303 e. The Morgan fingerprint density at radius 2 is 2.10 bits per heavy atom. The SMILES string of the molecule is CC(CCC(=O)O)CNC(=O)c1cccc2c1OCCO2. The lowest BCUT2D eigenvalue weighted by Crippen LogP contribution is -2.29. The Hall–Kier alpha value is -2.24. The summed E-state index contributed by atoms with van der Waals surface area (Å²) in [5.74, 6) is 0.0874. The van der Waals surface area contributed by atoms with E-state index in [2.05, 4.69) is 5.32 Å². The van der Waals surface area contributed by atoms with Crippen molar-refractivity contribution < 1.29 is 24.2 Å². The lowest BCUT2D eigenvalue weighted by Gasteiger charge is -2.21. The first-order chi connectivity index (χ1) is 10.1. The zero-order valence-corrected chi connectivity index (χ0v) is 11.9. The summed E-state index contributed by atoms with van der Waals surface area (Å²) in [5, 5.41) is 11.4. The van der Waals surface area contributed by atoms with Gasteiger partial charge in [0.1, 0.15) is 13.2 Å². The summed E-state index contributed by atoms with van der Waals surface area (Å²) in [5.41, 5.74) is 0.442. The Morgan fingerprint density at radius 1 is 1.33 bits per heavy atom. The van der Waals surface area contributed by atoms with Gasteiger partial charge >= 0.3 is 5.97 Å². The van der Waals surface area contributed by atoms with Gasteiger partial charge in [0.25, 0.3) is 5.91 Å². The maximum absolute atomic E-state index is 12.2.